The zero-order chi connectivity index (χ0) is 15.5. The van der Waals surface area contributed by atoms with Crippen LogP contribution >= 0.6 is 0 Å². The number of fused-ring (bicyclic) bond motifs is 1. The molecular weight excluding hydrogens is 276 g/mol. The van der Waals surface area contributed by atoms with E-state index in [-0.39, 0.29) is 11.8 Å². The summed E-state index contributed by atoms with van der Waals surface area (Å²) in [5.74, 6) is -0.380. The molecule has 1 aliphatic heterocycles. The Labute approximate surface area is 130 Å². The van der Waals surface area contributed by atoms with Gasteiger partial charge in [0.25, 0.3) is 11.8 Å². The van der Waals surface area contributed by atoms with Crippen molar-refractivity contribution in [2.45, 2.75) is 6.92 Å². The Morgan fingerprint density at radius 1 is 0.864 bits per heavy atom. The quantitative estimate of drug-likeness (QED) is 0.796. The molecule has 0 aliphatic carbocycles. The molecule has 4 heteroatoms. The Bertz CT molecular complexity index is 662. The summed E-state index contributed by atoms with van der Waals surface area (Å²) >= 11 is 0. The van der Waals surface area contributed by atoms with Crippen molar-refractivity contribution in [1.82, 2.24) is 4.90 Å². The molecule has 1 heterocycles. The maximum Gasteiger partial charge on any atom is 0.261 e. The molecule has 0 N–H and O–H groups in total. The number of anilines is 1. The Kier molecular flexibility index (Phi) is 3.92. The third-order valence-corrected chi connectivity index (χ3v) is 3.97. The molecule has 0 fully saturated rings. The number of nitrogens with zero attached hydrogens (tertiary/aromatic N) is 2. The smallest absolute Gasteiger partial charge is 0.261 e. The molecule has 0 atom stereocenters. The van der Waals surface area contributed by atoms with Gasteiger partial charge in [-0.2, -0.15) is 0 Å². The molecule has 0 spiro atoms. The van der Waals surface area contributed by atoms with E-state index in [0.717, 1.165) is 12.2 Å². The predicted octanol–water partition coefficient (Wildman–Crippen LogP) is 2.81. The monoisotopic (exact) mass is 294 g/mol. The van der Waals surface area contributed by atoms with E-state index < -0.39 is 0 Å². The van der Waals surface area contributed by atoms with E-state index in [1.165, 1.54) is 4.90 Å². The number of amides is 2. The van der Waals surface area contributed by atoms with Gasteiger partial charge in [0.15, 0.2) is 0 Å². The van der Waals surface area contributed by atoms with Crippen LogP contribution in [0.3, 0.4) is 0 Å². The Balaban J connectivity index is 1.72. The fourth-order valence-electron chi connectivity index (χ4n) is 2.77. The lowest BCUT2D eigenvalue weighted by Gasteiger charge is -2.25. The number of imide groups is 1. The van der Waals surface area contributed by atoms with Crippen LogP contribution in [0.5, 0.6) is 0 Å². The molecule has 0 saturated heterocycles. The molecule has 112 valence electrons. The van der Waals surface area contributed by atoms with Gasteiger partial charge in [0.2, 0.25) is 0 Å². The minimum absolute atomic E-state index is 0.190. The van der Waals surface area contributed by atoms with Crippen LogP contribution in [0.15, 0.2) is 54.6 Å². The van der Waals surface area contributed by atoms with E-state index in [1.54, 1.807) is 24.3 Å². The first-order valence-electron chi connectivity index (χ1n) is 7.47. The van der Waals surface area contributed by atoms with Gasteiger partial charge in [-0.05, 0) is 31.2 Å². The second-order valence-corrected chi connectivity index (χ2v) is 5.22. The van der Waals surface area contributed by atoms with E-state index >= 15 is 0 Å². The Morgan fingerprint density at radius 3 is 1.95 bits per heavy atom. The van der Waals surface area contributed by atoms with Gasteiger partial charge < -0.3 is 4.90 Å². The molecule has 0 unspecified atom stereocenters. The van der Waals surface area contributed by atoms with Crippen LogP contribution in [0.25, 0.3) is 0 Å². The zero-order valence-corrected chi connectivity index (χ0v) is 12.5. The molecule has 1 aliphatic rings. The normalized spacial score (nSPS) is 13.4. The van der Waals surface area contributed by atoms with Crippen molar-refractivity contribution >= 4 is 17.5 Å². The first kappa shape index (κ1) is 14.3. The van der Waals surface area contributed by atoms with Crippen LogP contribution < -0.4 is 4.90 Å². The number of hydrogen-bond donors (Lipinski definition) is 0. The van der Waals surface area contributed by atoms with Gasteiger partial charge in [-0.3, -0.25) is 14.5 Å². The topological polar surface area (TPSA) is 40.6 Å². The lowest BCUT2D eigenvalue weighted by molar-refractivity contribution is 0.0658. The van der Waals surface area contributed by atoms with Gasteiger partial charge in [0.05, 0.1) is 11.1 Å². The third-order valence-electron chi connectivity index (χ3n) is 3.97. The SMILES string of the molecule is CCN(CCN1C(=O)c2ccccc2C1=O)c1ccccc1. The van der Waals surface area contributed by atoms with Crippen LogP contribution in [0, 0.1) is 0 Å². The lowest BCUT2D eigenvalue weighted by atomic mass is 10.1. The molecular formula is C18H18N2O2. The van der Waals surface area contributed by atoms with Crippen molar-refractivity contribution in [1.29, 1.82) is 0 Å². The number of para-hydroxylation sites is 1. The van der Waals surface area contributed by atoms with Gasteiger partial charge in [-0.15, -0.1) is 0 Å². The Morgan fingerprint density at radius 2 is 1.41 bits per heavy atom. The fraction of sp³-hybridized carbons (Fsp3) is 0.222. The van der Waals surface area contributed by atoms with Crippen molar-refractivity contribution < 1.29 is 9.59 Å². The van der Waals surface area contributed by atoms with Crippen molar-refractivity contribution in [3.63, 3.8) is 0 Å². The lowest BCUT2D eigenvalue weighted by Crippen LogP contribution is -2.38. The summed E-state index contributed by atoms with van der Waals surface area (Å²) in [6.07, 6.45) is 0. The highest BCUT2D eigenvalue weighted by Crippen LogP contribution is 2.22. The highest BCUT2D eigenvalue weighted by atomic mass is 16.2. The molecule has 2 amide bonds. The summed E-state index contributed by atoms with van der Waals surface area (Å²) in [4.78, 5) is 28.2. The molecule has 0 bridgehead atoms. The van der Waals surface area contributed by atoms with E-state index in [4.69, 9.17) is 0 Å². The molecule has 2 aromatic carbocycles. The van der Waals surface area contributed by atoms with Crippen LogP contribution in [0.4, 0.5) is 5.69 Å². The summed E-state index contributed by atoms with van der Waals surface area (Å²) in [6, 6.07) is 17.0. The standard InChI is InChI=1S/C18H18N2O2/c1-2-19(14-8-4-3-5-9-14)12-13-20-17(21)15-10-6-7-11-16(15)18(20)22/h3-11H,2,12-13H2,1H3. The first-order valence-corrected chi connectivity index (χ1v) is 7.47. The number of hydrogen-bond acceptors (Lipinski definition) is 3. The number of likely N-dealkylation sites (N-methyl/N-ethyl adjacent to an activating group) is 1. The van der Waals surface area contributed by atoms with Gasteiger partial charge in [-0.25, -0.2) is 0 Å². The van der Waals surface area contributed by atoms with E-state index in [1.807, 2.05) is 30.3 Å². The van der Waals surface area contributed by atoms with Crippen LogP contribution in [0.2, 0.25) is 0 Å². The van der Waals surface area contributed by atoms with Crippen molar-refractivity contribution in [3.05, 3.63) is 65.7 Å². The second-order valence-electron chi connectivity index (χ2n) is 5.22. The maximum atomic E-state index is 12.3. The summed E-state index contributed by atoms with van der Waals surface area (Å²) in [5, 5.41) is 0. The average molecular weight is 294 g/mol. The Hall–Kier alpha value is -2.62. The highest BCUT2D eigenvalue weighted by Gasteiger charge is 2.34. The maximum absolute atomic E-state index is 12.3. The summed E-state index contributed by atoms with van der Waals surface area (Å²) in [6.45, 7) is 3.92. The molecule has 0 saturated carbocycles. The van der Waals surface area contributed by atoms with E-state index in [0.29, 0.717) is 24.2 Å². The van der Waals surface area contributed by atoms with Gasteiger partial charge in [-0.1, -0.05) is 30.3 Å². The van der Waals surface area contributed by atoms with Crippen LogP contribution in [-0.4, -0.2) is 36.3 Å². The predicted molar refractivity (Wildman–Crippen MR) is 86.1 cm³/mol. The highest BCUT2D eigenvalue weighted by molar-refractivity contribution is 6.21. The van der Waals surface area contributed by atoms with Gasteiger partial charge in [0.1, 0.15) is 0 Å². The van der Waals surface area contributed by atoms with Crippen molar-refractivity contribution in [2.75, 3.05) is 24.5 Å². The minimum Gasteiger partial charge on any atom is -0.370 e. The molecule has 22 heavy (non-hydrogen) atoms. The molecule has 0 aromatic heterocycles. The molecule has 0 radical (unpaired) electrons. The third kappa shape index (κ3) is 2.48. The summed E-state index contributed by atoms with van der Waals surface area (Å²) in [7, 11) is 0. The summed E-state index contributed by atoms with van der Waals surface area (Å²) in [5.41, 5.74) is 2.12. The van der Waals surface area contributed by atoms with Gasteiger partial charge in [0, 0.05) is 25.3 Å². The summed E-state index contributed by atoms with van der Waals surface area (Å²) < 4.78 is 0. The first-order chi connectivity index (χ1) is 10.7. The molecule has 4 nitrogen and oxygen atoms in total. The number of benzene rings is 2. The second kappa shape index (κ2) is 6.02. The van der Waals surface area contributed by atoms with E-state index in [9.17, 15) is 9.59 Å². The number of rotatable bonds is 5. The van der Waals surface area contributed by atoms with Crippen molar-refractivity contribution in [3.8, 4) is 0 Å². The van der Waals surface area contributed by atoms with E-state index in [2.05, 4.69) is 11.8 Å². The largest absolute Gasteiger partial charge is 0.370 e. The molecule has 2 aromatic rings. The van der Waals surface area contributed by atoms with Crippen LogP contribution in [0.1, 0.15) is 27.6 Å². The van der Waals surface area contributed by atoms with Crippen molar-refractivity contribution in [2.24, 2.45) is 0 Å². The zero-order valence-electron chi connectivity index (χ0n) is 12.5. The number of carbonyl (C=O) groups is 2. The van der Waals surface area contributed by atoms with Gasteiger partial charge >= 0.3 is 0 Å². The number of carbonyl (C=O) groups excluding carboxylic acids is 2. The molecule has 3 rings (SSSR count). The average Bonchev–Trinajstić information content (AvgIpc) is 2.81. The van der Waals surface area contributed by atoms with Crippen LogP contribution in [-0.2, 0) is 0 Å². The fourth-order valence-corrected chi connectivity index (χ4v) is 2.77. The minimum atomic E-state index is -0.190.